The van der Waals surface area contributed by atoms with Gasteiger partial charge in [0.05, 0.1) is 0 Å². The van der Waals surface area contributed by atoms with E-state index in [2.05, 4.69) is 20.3 Å². The van der Waals surface area contributed by atoms with Crippen LogP contribution in [-0.2, 0) is 0 Å². The zero-order chi connectivity index (χ0) is 14.3. The molecule has 0 amide bonds. The highest BCUT2D eigenvalue weighted by atomic mass is 35.5. The van der Waals surface area contributed by atoms with Gasteiger partial charge >= 0.3 is 0 Å². The molecule has 0 saturated heterocycles. The number of halogens is 3. The van der Waals surface area contributed by atoms with E-state index >= 15 is 0 Å². The molecule has 2 aromatic rings. The molecular weight excluding hydrogens is 306 g/mol. The highest BCUT2D eigenvalue weighted by Crippen LogP contribution is 2.39. The quantitative estimate of drug-likeness (QED) is 0.876. The van der Waals surface area contributed by atoms with E-state index in [0.717, 1.165) is 5.69 Å². The average molecular weight is 317 g/mol. The number of anilines is 1. The van der Waals surface area contributed by atoms with Crippen LogP contribution in [0.25, 0.3) is 10.8 Å². The highest BCUT2D eigenvalue weighted by Gasteiger charge is 2.45. The maximum Gasteiger partial charge on any atom is 0.252 e. The van der Waals surface area contributed by atoms with Crippen molar-refractivity contribution in [1.82, 2.24) is 15.0 Å². The Labute approximate surface area is 123 Å². The predicted octanol–water partition coefficient (Wildman–Crippen LogP) is 3.77. The summed E-state index contributed by atoms with van der Waals surface area (Å²) in [5.41, 5.74) is 0.877. The summed E-state index contributed by atoms with van der Waals surface area (Å²) < 4.78 is 25.6. The summed E-state index contributed by atoms with van der Waals surface area (Å²) >= 11 is 7.36. The predicted molar refractivity (Wildman–Crippen MR) is 74.5 cm³/mol. The molecule has 3 rings (SSSR count). The van der Waals surface area contributed by atoms with Gasteiger partial charge in [0, 0.05) is 36.0 Å². The van der Waals surface area contributed by atoms with Crippen LogP contribution in [-0.4, -0.2) is 26.9 Å². The number of alkyl halides is 2. The smallest absolute Gasteiger partial charge is 0.252 e. The second kappa shape index (κ2) is 4.89. The number of aromatic nitrogens is 3. The number of hydrogen-bond acceptors (Lipinski definition) is 5. The molecule has 1 saturated carbocycles. The molecule has 1 aliphatic rings. The van der Waals surface area contributed by atoms with Crippen LogP contribution in [0.5, 0.6) is 0 Å². The van der Waals surface area contributed by atoms with Gasteiger partial charge in [-0.3, -0.25) is 0 Å². The average Bonchev–Trinajstić information content (AvgIpc) is 2.73. The summed E-state index contributed by atoms with van der Waals surface area (Å²) in [5.74, 6) is -1.71. The van der Waals surface area contributed by atoms with Crippen LogP contribution >= 0.6 is 22.9 Å². The number of rotatable bonds is 3. The van der Waals surface area contributed by atoms with E-state index in [1.165, 1.54) is 17.4 Å². The van der Waals surface area contributed by atoms with Crippen molar-refractivity contribution in [3.05, 3.63) is 22.3 Å². The van der Waals surface area contributed by atoms with Gasteiger partial charge in [-0.25, -0.2) is 23.7 Å². The fourth-order valence-electron chi connectivity index (χ4n) is 2.02. The molecule has 0 spiro atoms. The lowest BCUT2D eigenvalue weighted by atomic mass is 9.88. The van der Waals surface area contributed by atoms with Crippen molar-refractivity contribution >= 4 is 28.8 Å². The van der Waals surface area contributed by atoms with Crippen molar-refractivity contribution < 1.29 is 8.78 Å². The van der Waals surface area contributed by atoms with E-state index in [0.29, 0.717) is 16.6 Å². The number of thiazole rings is 1. The molecule has 8 heteroatoms. The molecule has 4 nitrogen and oxygen atoms in total. The SMILES string of the molecule is Cc1csc(-c2nc(Cl)cc(NC3CC(F)(F)C3)n2)n1. The van der Waals surface area contributed by atoms with Gasteiger partial charge in [-0.05, 0) is 6.92 Å². The largest absolute Gasteiger partial charge is 0.367 e. The maximum atomic E-state index is 12.8. The molecule has 2 aromatic heterocycles. The minimum atomic E-state index is -2.57. The van der Waals surface area contributed by atoms with Crippen LogP contribution in [0.4, 0.5) is 14.6 Å². The summed E-state index contributed by atoms with van der Waals surface area (Å²) in [4.78, 5) is 12.7. The van der Waals surface area contributed by atoms with Crippen molar-refractivity contribution in [1.29, 1.82) is 0 Å². The van der Waals surface area contributed by atoms with E-state index < -0.39 is 5.92 Å². The normalized spacial score (nSPS) is 17.8. The number of hydrogen-bond donors (Lipinski definition) is 1. The molecular formula is C12H11ClF2N4S. The zero-order valence-electron chi connectivity index (χ0n) is 10.5. The Morgan fingerprint density at radius 1 is 1.35 bits per heavy atom. The van der Waals surface area contributed by atoms with Crippen molar-refractivity contribution in [2.75, 3.05) is 5.32 Å². The van der Waals surface area contributed by atoms with Gasteiger partial charge in [0.25, 0.3) is 5.92 Å². The molecule has 20 heavy (non-hydrogen) atoms. The van der Waals surface area contributed by atoms with Gasteiger partial charge in [-0.1, -0.05) is 11.6 Å². The van der Waals surface area contributed by atoms with Gasteiger partial charge in [0.1, 0.15) is 11.0 Å². The van der Waals surface area contributed by atoms with E-state index in [4.69, 9.17) is 11.6 Å². The first kappa shape index (κ1) is 13.6. The summed E-state index contributed by atoms with van der Waals surface area (Å²) in [7, 11) is 0. The number of nitrogens with zero attached hydrogens (tertiary/aromatic N) is 3. The van der Waals surface area contributed by atoms with E-state index in [9.17, 15) is 8.78 Å². The first-order chi connectivity index (χ1) is 9.41. The summed E-state index contributed by atoms with van der Waals surface area (Å²) in [5, 5.41) is 5.76. The molecule has 2 heterocycles. The monoisotopic (exact) mass is 316 g/mol. The standard InChI is InChI=1S/C12H11ClF2N4S/c1-6-5-20-11(16-6)10-18-8(13)2-9(19-10)17-7-3-12(14,15)4-7/h2,5,7H,3-4H2,1H3,(H,17,18,19). The Hall–Kier alpha value is -1.34. The number of aryl methyl sites for hydroxylation is 1. The van der Waals surface area contributed by atoms with Crippen LogP contribution in [0.3, 0.4) is 0 Å². The fourth-order valence-corrected chi connectivity index (χ4v) is 2.93. The molecule has 0 atom stereocenters. The van der Waals surface area contributed by atoms with Gasteiger partial charge in [0.2, 0.25) is 0 Å². The third-order valence-corrected chi connectivity index (χ3v) is 4.10. The lowest BCUT2D eigenvalue weighted by molar-refractivity contribution is -0.0794. The summed E-state index contributed by atoms with van der Waals surface area (Å²) in [6, 6.07) is 1.25. The molecule has 1 N–H and O–H groups in total. The van der Waals surface area contributed by atoms with Crippen LogP contribution in [0, 0.1) is 6.92 Å². The Bertz CT molecular complexity index is 638. The van der Waals surface area contributed by atoms with Crippen LogP contribution in [0.2, 0.25) is 5.15 Å². The van der Waals surface area contributed by atoms with E-state index in [-0.39, 0.29) is 24.0 Å². The van der Waals surface area contributed by atoms with E-state index in [1.54, 1.807) is 0 Å². The van der Waals surface area contributed by atoms with Gasteiger partial charge in [0.15, 0.2) is 10.8 Å². The van der Waals surface area contributed by atoms with Crippen molar-refractivity contribution in [3.63, 3.8) is 0 Å². The molecule has 1 aliphatic carbocycles. The van der Waals surface area contributed by atoms with Gasteiger partial charge < -0.3 is 5.32 Å². The summed E-state index contributed by atoms with van der Waals surface area (Å²) in [6.45, 7) is 1.88. The van der Waals surface area contributed by atoms with E-state index in [1.807, 2.05) is 12.3 Å². The molecule has 0 aromatic carbocycles. The van der Waals surface area contributed by atoms with Gasteiger partial charge in [-0.15, -0.1) is 11.3 Å². The minimum absolute atomic E-state index is 0.180. The summed E-state index contributed by atoms with van der Waals surface area (Å²) in [6.07, 6.45) is -0.360. The first-order valence-corrected chi connectivity index (χ1v) is 7.28. The van der Waals surface area contributed by atoms with Crippen molar-refractivity contribution in [2.24, 2.45) is 0 Å². The second-order valence-electron chi connectivity index (χ2n) is 4.80. The van der Waals surface area contributed by atoms with Gasteiger partial charge in [-0.2, -0.15) is 0 Å². The van der Waals surface area contributed by atoms with Crippen LogP contribution in [0.1, 0.15) is 18.5 Å². The molecule has 1 fully saturated rings. The maximum absolute atomic E-state index is 12.8. The van der Waals surface area contributed by atoms with Crippen molar-refractivity contribution in [3.8, 4) is 10.8 Å². The molecule has 0 radical (unpaired) electrons. The third kappa shape index (κ3) is 2.88. The Morgan fingerprint density at radius 2 is 2.10 bits per heavy atom. The Kier molecular flexibility index (Phi) is 3.33. The topological polar surface area (TPSA) is 50.7 Å². The Balaban J connectivity index is 1.80. The highest BCUT2D eigenvalue weighted by molar-refractivity contribution is 7.13. The third-order valence-electron chi connectivity index (χ3n) is 2.95. The molecule has 0 bridgehead atoms. The lowest BCUT2D eigenvalue weighted by Gasteiger charge is -2.35. The zero-order valence-corrected chi connectivity index (χ0v) is 12.1. The lowest BCUT2D eigenvalue weighted by Crippen LogP contribution is -2.44. The fraction of sp³-hybridized carbons (Fsp3) is 0.417. The molecule has 0 unspecified atom stereocenters. The minimum Gasteiger partial charge on any atom is -0.367 e. The van der Waals surface area contributed by atoms with Crippen molar-refractivity contribution in [2.45, 2.75) is 31.7 Å². The molecule has 0 aliphatic heterocycles. The first-order valence-electron chi connectivity index (χ1n) is 6.03. The van der Waals surface area contributed by atoms with Crippen LogP contribution < -0.4 is 5.32 Å². The van der Waals surface area contributed by atoms with Crippen LogP contribution in [0.15, 0.2) is 11.4 Å². The Morgan fingerprint density at radius 3 is 2.70 bits per heavy atom. The number of nitrogens with one attached hydrogen (secondary N) is 1. The molecule has 106 valence electrons. The second-order valence-corrected chi connectivity index (χ2v) is 6.04.